The van der Waals surface area contributed by atoms with E-state index < -0.39 is 0 Å². The van der Waals surface area contributed by atoms with Gasteiger partial charge in [-0.25, -0.2) is 15.0 Å². The number of nitrogens with zero attached hydrogens (tertiary/aromatic N) is 5. The van der Waals surface area contributed by atoms with Crippen molar-refractivity contribution in [3.8, 4) is 11.4 Å². The Kier molecular flexibility index (Phi) is 5.57. The maximum Gasteiger partial charge on any atom is 0.183 e. The fourth-order valence-corrected chi connectivity index (χ4v) is 4.22. The van der Waals surface area contributed by atoms with Gasteiger partial charge in [0.2, 0.25) is 0 Å². The molecule has 6 aromatic rings. The van der Waals surface area contributed by atoms with Crippen LogP contribution in [0.15, 0.2) is 79.3 Å². The Balaban J connectivity index is 1.21. The first kappa shape index (κ1) is 22.4. The van der Waals surface area contributed by atoms with Crippen LogP contribution >= 0.6 is 0 Å². The lowest BCUT2D eigenvalue weighted by Gasteiger charge is -2.10. The van der Waals surface area contributed by atoms with Crippen LogP contribution in [0.3, 0.4) is 0 Å². The number of hydrogen-bond donors (Lipinski definition) is 3. The number of carbonyl (C=O) groups is 1. The molecule has 6 rings (SSSR count). The predicted molar refractivity (Wildman–Crippen MR) is 145 cm³/mol. The summed E-state index contributed by atoms with van der Waals surface area (Å²) in [5.74, 6) is 2.14. The number of fused-ring (bicyclic) bond motifs is 2. The Hall–Kier alpha value is -5.05. The summed E-state index contributed by atoms with van der Waals surface area (Å²) >= 11 is 0. The lowest BCUT2D eigenvalue weighted by molar-refractivity contribution is 0.0989. The number of Topliss-reactive ketones (excluding diaryl/α,β-unsaturated/α-hetero) is 1. The summed E-state index contributed by atoms with van der Waals surface area (Å²) < 4.78 is 0. The molecule has 0 amide bonds. The van der Waals surface area contributed by atoms with Crippen molar-refractivity contribution in [2.24, 2.45) is 0 Å². The summed E-state index contributed by atoms with van der Waals surface area (Å²) in [7, 11) is 3.87. The van der Waals surface area contributed by atoms with Gasteiger partial charge < -0.3 is 15.2 Å². The molecule has 4 aromatic heterocycles. The molecule has 2 aromatic carbocycles. The van der Waals surface area contributed by atoms with E-state index in [4.69, 9.17) is 4.98 Å². The monoisotopic (exact) mass is 488 g/mol. The highest BCUT2D eigenvalue weighted by Gasteiger charge is 2.13. The summed E-state index contributed by atoms with van der Waals surface area (Å²) in [6.07, 6.45) is 5.54. The van der Waals surface area contributed by atoms with Crippen molar-refractivity contribution < 1.29 is 4.79 Å². The van der Waals surface area contributed by atoms with Crippen LogP contribution in [0, 0.1) is 0 Å². The summed E-state index contributed by atoms with van der Waals surface area (Å²) in [6.45, 7) is 0. The zero-order valence-electron chi connectivity index (χ0n) is 20.4. The van der Waals surface area contributed by atoms with Crippen molar-refractivity contribution in [3.63, 3.8) is 0 Å². The number of pyridine rings is 1. The normalized spacial score (nSPS) is 11.2. The van der Waals surface area contributed by atoms with Gasteiger partial charge in [0, 0.05) is 60.4 Å². The molecule has 0 saturated heterocycles. The fourth-order valence-electron chi connectivity index (χ4n) is 4.22. The second-order valence-electron chi connectivity index (χ2n) is 9.07. The third-order valence-electron chi connectivity index (χ3n) is 6.18. The number of carbonyl (C=O) groups excluding carboxylic acids is 1. The maximum atomic E-state index is 12.9. The topological polar surface area (TPSA) is 115 Å². The number of ketones is 1. The van der Waals surface area contributed by atoms with Crippen molar-refractivity contribution in [3.05, 3.63) is 90.5 Å². The first-order chi connectivity index (χ1) is 18.0. The van der Waals surface area contributed by atoms with Gasteiger partial charge in [0.15, 0.2) is 11.6 Å². The molecule has 0 saturated carbocycles. The lowest BCUT2D eigenvalue weighted by atomic mass is 10.1. The average molecular weight is 489 g/mol. The van der Waals surface area contributed by atoms with Gasteiger partial charge in [0.05, 0.1) is 17.4 Å². The van der Waals surface area contributed by atoms with Crippen molar-refractivity contribution in [1.82, 2.24) is 30.1 Å². The number of benzene rings is 2. The number of nitrogens with one attached hydrogen (secondary N) is 3. The minimum Gasteiger partial charge on any atom is -0.363 e. The maximum absolute atomic E-state index is 12.9. The Morgan fingerprint density at radius 2 is 1.84 bits per heavy atom. The van der Waals surface area contributed by atoms with Gasteiger partial charge in [-0.1, -0.05) is 18.2 Å². The summed E-state index contributed by atoms with van der Waals surface area (Å²) in [5, 5.41) is 12.3. The van der Waals surface area contributed by atoms with Crippen LogP contribution < -0.4 is 10.2 Å². The largest absolute Gasteiger partial charge is 0.363 e. The zero-order chi connectivity index (χ0) is 25.4. The van der Waals surface area contributed by atoms with E-state index in [1.165, 1.54) is 0 Å². The van der Waals surface area contributed by atoms with E-state index in [1.807, 2.05) is 79.7 Å². The number of anilines is 3. The summed E-state index contributed by atoms with van der Waals surface area (Å²) in [4.78, 5) is 31.7. The second-order valence-corrected chi connectivity index (χ2v) is 9.07. The first-order valence-electron chi connectivity index (χ1n) is 11.8. The van der Waals surface area contributed by atoms with Gasteiger partial charge in [-0.15, -0.1) is 0 Å². The number of H-pyrrole nitrogens is 2. The summed E-state index contributed by atoms with van der Waals surface area (Å²) in [5.41, 5.74) is 5.03. The molecule has 0 aliphatic rings. The van der Waals surface area contributed by atoms with Crippen LogP contribution in [0.1, 0.15) is 16.1 Å². The molecule has 0 aliphatic carbocycles. The Morgan fingerprint density at radius 1 is 0.919 bits per heavy atom. The molecule has 0 bridgehead atoms. The molecule has 0 spiro atoms. The van der Waals surface area contributed by atoms with E-state index in [0.717, 1.165) is 44.4 Å². The van der Waals surface area contributed by atoms with E-state index in [1.54, 1.807) is 18.6 Å². The molecule has 9 heteroatoms. The lowest BCUT2D eigenvalue weighted by Crippen LogP contribution is -2.11. The fraction of sp³-hybridized carbons (Fsp3) is 0.107. The van der Waals surface area contributed by atoms with Crippen LogP contribution in [0.2, 0.25) is 0 Å². The van der Waals surface area contributed by atoms with Gasteiger partial charge in [0.25, 0.3) is 0 Å². The molecule has 0 fully saturated rings. The molecular formula is C28H24N8O. The first-order valence-corrected chi connectivity index (χ1v) is 11.8. The molecule has 0 atom stereocenters. The van der Waals surface area contributed by atoms with Gasteiger partial charge in [0.1, 0.15) is 11.6 Å². The summed E-state index contributed by atoms with van der Waals surface area (Å²) in [6, 6.07) is 19.4. The Labute approximate surface area is 212 Å². The number of aromatic nitrogens is 6. The van der Waals surface area contributed by atoms with Gasteiger partial charge in [-0.3, -0.25) is 9.89 Å². The van der Waals surface area contributed by atoms with E-state index in [0.29, 0.717) is 17.3 Å². The van der Waals surface area contributed by atoms with E-state index >= 15 is 0 Å². The molecule has 182 valence electrons. The molecule has 4 heterocycles. The van der Waals surface area contributed by atoms with Crippen molar-refractivity contribution >= 4 is 44.9 Å². The highest BCUT2D eigenvalue weighted by atomic mass is 16.1. The van der Waals surface area contributed by atoms with Crippen LogP contribution in [0.5, 0.6) is 0 Å². The second kappa shape index (κ2) is 9.19. The third kappa shape index (κ3) is 4.62. The highest BCUT2D eigenvalue weighted by molar-refractivity contribution is 6.01. The van der Waals surface area contributed by atoms with E-state index in [2.05, 4.69) is 30.5 Å². The molecule has 0 unspecified atom stereocenters. The van der Waals surface area contributed by atoms with Gasteiger partial charge >= 0.3 is 0 Å². The third-order valence-corrected chi connectivity index (χ3v) is 6.18. The predicted octanol–water partition coefficient (Wildman–Crippen LogP) is 5.13. The average Bonchev–Trinajstić information content (AvgIpc) is 3.55. The highest BCUT2D eigenvalue weighted by Crippen LogP contribution is 2.25. The molecule has 0 aliphatic heterocycles. The number of hydrogen-bond acceptors (Lipinski definition) is 7. The van der Waals surface area contributed by atoms with Crippen LogP contribution in [-0.2, 0) is 6.42 Å². The Bertz CT molecular complexity index is 1730. The molecule has 3 N–H and O–H groups in total. The molecule has 0 radical (unpaired) electrons. The number of aromatic amines is 2. The minimum atomic E-state index is 0.00851. The van der Waals surface area contributed by atoms with E-state index in [-0.39, 0.29) is 12.2 Å². The zero-order valence-corrected chi connectivity index (χ0v) is 20.4. The molecular weight excluding hydrogens is 464 g/mol. The molecule has 37 heavy (non-hydrogen) atoms. The Morgan fingerprint density at radius 3 is 2.68 bits per heavy atom. The van der Waals surface area contributed by atoms with Crippen LogP contribution in [-0.4, -0.2) is 50.0 Å². The van der Waals surface area contributed by atoms with E-state index in [9.17, 15) is 4.79 Å². The standard InChI is InChI=1S/C28H24N8O/c1-36(2)27-8-3-17(15-30-27)11-25(37)24-13-18-4-5-19(14-23(18)33-24)28-29-10-9-26(34-28)32-21-6-7-22-20(12-21)16-31-35-22/h3-10,12-16,33H,11H2,1-2H3,(H,31,35)(H,29,32,34). The van der Waals surface area contributed by atoms with Crippen LogP contribution in [0.4, 0.5) is 17.3 Å². The van der Waals surface area contributed by atoms with Gasteiger partial charge in [-0.2, -0.15) is 5.10 Å². The smallest absolute Gasteiger partial charge is 0.183 e. The quantitative estimate of drug-likeness (QED) is 0.267. The van der Waals surface area contributed by atoms with Crippen LogP contribution in [0.25, 0.3) is 33.2 Å². The van der Waals surface area contributed by atoms with Crippen molar-refractivity contribution in [2.75, 3.05) is 24.3 Å². The number of rotatable bonds is 7. The SMILES string of the molecule is CN(C)c1ccc(CC(=O)c2cc3ccc(-c4nccc(Nc5ccc6[nH]ncc6c5)n4)cc3[nH]2)cn1. The van der Waals surface area contributed by atoms with Crippen molar-refractivity contribution in [2.45, 2.75) is 6.42 Å². The minimum absolute atomic E-state index is 0.00851. The van der Waals surface area contributed by atoms with Crippen molar-refractivity contribution in [1.29, 1.82) is 0 Å². The molecule has 9 nitrogen and oxygen atoms in total. The van der Waals surface area contributed by atoms with Gasteiger partial charge in [-0.05, 0) is 48.0 Å².